The summed E-state index contributed by atoms with van der Waals surface area (Å²) in [7, 11) is 1.52. The van der Waals surface area contributed by atoms with Crippen molar-refractivity contribution in [1.29, 1.82) is 0 Å². The summed E-state index contributed by atoms with van der Waals surface area (Å²) in [4.78, 5) is 54.2. The molecule has 10 nitrogen and oxygen atoms in total. The van der Waals surface area contributed by atoms with Gasteiger partial charge in [-0.15, -0.1) is 0 Å². The molecule has 5 rings (SSSR count). The molecule has 2 N–H and O–H groups in total. The summed E-state index contributed by atoms with van der Waals surface area (Å²) >= 11 is 5.76. The molecule has 2 atom stereocenters. The third-order valence-corrected chi connectivity index (χ3v) is 7.71. The number of aromatic nitrogens is 4. The zero-order valence-electron chi connectivity index (χ0n) is 23.8. The minimum absolute atomic E-state index is 0.112. The lowest BCUT2D eigenvalue weighted by Crippen LogP contribution is -2.46. The summed E-state index contributed by atoms with van der Waals surface area (Å²) in [6.07, 6.45) is 0.00865. The Balaban J connectivity index is 1.57. The number of hydrogen-bond acceptors (Lipinski definition) is 7. The highest BCUT2D eigenvalue weighted by Crippen LogP contribution is 2.36. The number of nitrogens with zero attached hydrogens (tertiary/aromatic N) is 5. The predicted octanol–water partition coefficient (Wildman–Crippen LogP) is 4.81. The minimum atomic E-state index is -4.74. The SMILES string of the molecule is CNC(=O)c1ccc(-n2c(NC(C)c3cnccn3)nc3c(c2=O)C[C@@H](C)N(C(=O)c2ccc(Cl)c(C(F)(F)F)c2)C3)cc1. The first-order valence-electron chi connectivity index (χ1n) is 13.6. The van der Waals surface area contributed by atoms with Crippen molar-refractivity contribution < 1.29 is 22.8 Å². The quantitative estimate of drug-likeness (QED) is 0.315. The van der Waals surface area contributed by atoms with Crippen molar-refractivity contribution in [1.82, 2.24) is 29.7 Å². The van der Waals surface area contributed by atoms with Crippen LogP contribution < -0.4 is 16.2 Å². The van der Waals surface area contributed by atoms with Crippen LogP contribution in [0.5, 0.6) is 0 Å². The molecule has 0 fully saturated rings. The Morgan fingerprint density at radius 1 is 1.09 bits per heavy atom. The average molecular weight is 626 g/mol. The van der Waals surface area contributed by atoms with Gasteiger partial charge in [0, 0.05) is 42.2 Å². The fourth-order valence-corrected chi connectivity index (χ4v) is 5.24. The van der Waals surface area contributed by atoms with Gasteiger partial charge in [-0.25, -0.2) is 9.55 Å². The van der Waals surface area contributed by atoms with Gasteiger partial charge in [0.05, 0.1) is 46.4 Å². The molecule has 3 heterocycles. The Hall–Kier alpha value is -4.78. The number of fused-ring (bicyclic) bond motifs is 1. The van der Waals surface area contributed by atoms with E-state index >= 15 is 0 Å². The molecule has 44 heavy (non-hydrogen) atoms. The minimum Gasteiger partial charge on any atom is -0.355 e. The number of carbonyl (C=O) groups is 2. The number of anilines is 1. The smallest absolute Gasteiger partial charge is 0.355 e. The maximum Gasteiger partial charge on any atom is 0.417 e. The number of alkyl halides is 3. The van der Waals surface area contributed by atoms with Crippen LogP contribution in [0, 0.1) is 0 Å². The zero-order chi connectivity index (χ0) is 31.8. The van der Waals surface area contributed by atoms with E-state index < -0.39 is 34.8 Å². The molecule has 14 heteroatoms. The number of hydrogen-bond donors (Lipinski definition) is 2. The molecule has 0 aliphatic carbocycles. The van der Waals surface area contributed by atoms with E-state index in [0.717, 1.165) is 12.1 Å². The highest BCUT2D eigenvalue weighted by atomic mass is 35.5. The zero-order valence-corrected chi connectivity index (χ0v) is 24.6. The van der Waals surface area contributed by atoms with Crippen molar-refractivity contribution in [2.45, 2.75) is 45.1 Å². The molecule has 4 aromatic rings. The van der Waals surface area contributed by atoms with Crippen molar-refractivity contribution >= 4 is 29.4 Å². The largest absolute Gasteiger partial charge is 0.417 e. The van der Waals surface area contributed by atoms with Crippen LogP contribution in [-0.4, -0.2) is 49.3 Å². The van der Waals surface area contributed by atoms with Gasteiger partial charge in [0.25, 0.3) is 17.4 Å². The van der Waals surface area contributed by atoms with Gasteiger partial charge >= 0.3 is 6.18 Å². The lowest BCUT2D eigenvalue weighted by molar-refractivity contribution is -0.137. The van der Waals surface area contributed by atoms with E-state index in [9.17, 15) is 27.6 Å². The Morgan fingerprint density at radius 2 is 1.80 bits per heavy atom. The van der Waals surface area contributed by atoms with Gasteiger partial charge in [-0.1, -0.05) is 11.6 Å². The second-order valence-corrected chi connectivity index (χ2v) is 10.7. The van der Waals surface area contributed by atoms with Crippen LogP contribution in [0.15, 0.2) is 65.8 Å². The molecule has 2 aromatic carbocycles. The van der Waals surface area contributed by atoms with Crippen molar-refractivity contribution in [3.63, 3.8) is 0 Å². The van der Waals surface area contributed by atoms with Gasteiger partial charge in [0.15, 0.2) is 0 Å². The third-order valence-electron chi connectivity index (χ3n) is 7.38. The number of amides is 2. The van der Waals surface area contributed by atoms with Crippen LogP contribution >= 0.6 is 11.6 Å². The van der Waals surface area contributed by atoms with Crippen LogP contribution in [0.1, 0.15) is 63.1 Å². The second-order valence-electron chi connectivity index (χ2n) is 10.3. The van der Waals surface area contributed by atoms with Gasteiger partial charge < -0.3 is 15.5 Å². The molecular formula is C30H27ClF3N7O3. The van der Waals surface area contributed by atoms with Crippen molar-refractivity contribution in [3.05, 3.63) is 110 Å². The first kappa shape index (κ1) is 30.7. The fourth-order valence-electron chi connectivity index (χ4n) is 5.02. The number of carbonyl (C=O) groups excluding carboxylic acids is 2. The maximum absolute atomic E-state index is 14.0. The molecule has 1 aliphatic rings. The average Bonchev–Trinajstić information content (AvgIpc) is 3.01. The molecule has 0 saturated heterocycles. The number of rotatable bonds is 6. The Morgan fingerprint density at radius 3 is 2.43 bits per heavy atom. The van der Waals surface area contributed by atoms with E-state index in [4.69, 9.17) is 16.6 Å². The summed E-state index contributed by atoms with van der Waals surface area (Å²) in [5.74, 6) is -0.792. The second kappa shape index (κ2) is 12.1. The van der Waals surface area contributed by atoms with E-state index in [-0.39, 0.29) is 35.9 Å². The van der Waals surface area contributed by atoms with Gasteiger partial charge in [0.2, 0.25) is 5.95 Å². The first-order valence-corrected chi connectivity index (χ1v) is 13.9. The summed E-state index contributed by atoms with van der Waals surface area (Å²) in [6, 6.07) is 8.46. The van der Waals surface area contributed by atoms with E-state index in [2.05, 4.69) is 20.6 Å². The van der Waals surface area contributed by atoms with Gasteiger partial charge in [0.1, 0.15) is 0 Å². The third kappa shape index (κ3) is 6.00. The number of halogens is 4. The molecule has 0 saturated carbocycles. The van der Waals surface area contributed by atoms with Gasteiger partial charge in [-0.2, -0.15) is 13.2 Å². The van der Waals surface area contributed by atoms with Crippen LogP contribution in [0.2, 0.25) is 5.02 Å². The van der Waals surface area contributed by atoms with E-state index in [1.807, 2.05) is 6.92 Å². The highest BCUT2D eigenvalue weighted by Gasteiger charge is 2.36. The molecule has 2 amide bonds. The van der Waals surface area contributed by atoms with E-state index in [0.29, 0.717) is 28.2 Å². The first-order chi connectivity index (χ1) is 20.9. The van der Waals surface area contributed by atoms with Crippen LogP contribution in [0.3, 0.4) is 0 Å². The van der Waals surface area contributed by atoms with Crippen LogP contribution in [0.25, 0.3) is 5.69 Å². The molecule has 0 bridgehead atoms. The molecule has 2 aromatic heterocycles. The topological polar surface area (TPSA) is 122 Å². The molecule has 228 valence electrons. The Kier molecular flexibility index (Phi) is 8.42. The lowest BCUT2D eigenvalue weighted by atomic mass is 9.98. The summed E-state index contributed by atoms with van der Waals surface area (Å²) < 4.78 is 41.9. The van der Waals surface area contributed by atoms with E-state index in [1.54, 1.807) is 37.4 Å². The summed E-state index contributed by atoms with van der Waals surface area (Å²) in [5, 5.41) is 5.25. The number of benzene rings is 2. The van der Waals surface area contributed by atoms with Crippen molar-refractivity contribution in [2.24, 2.45) is 0 Å². The van der Waals surface area contributed by atoms with Crippen LogP contribution in [0.4, 0.5) is 19.1 Å². The predicted molar refractivity (Wildman–Crippen MR) is 157 cm³/mol. The number of nitrogens with one attached hydrogen (secondary N) is 2. The standard InChI is InChI=1S/C30H27ClF3N7O3/c1-16-12-21-25(15-40(16)27(43)19-6-9-23(31)22(13-19)30(32,33)34)39-29(38-17(2)24-14-36-10-11-37-24)41(28(21)44)20-7-4-18(5-8-20)26(42)35-3/h4-11,13-14,16-17H,12,15H2,1-3H3,(H,35,42)(H,38,39)/t16-,17?/m1/s1. The monoisotopic (exact) mass is 625 g/mol. The molecule has 1 unspecified atom stereocenters. The summed E-state index contributed by atoms with van der Waals surface area (Å²) in [5.41, 5.74) is 0.408. The van der Waals surface area contributed by atoms with Crippen molar-refractivity contribution in [2.75, 3.05) is 12.4 Å². The lowest BCUT2D eigenvalue weighted by Gasteiger charge is -2.35. The molecule has 1 aliphatic heterocycles. The van der Waals surface area contributed by atoms with Gasteiger partial charge in [-0.05, 0) is 62.7 Å². The molecular weight excluding hydrogens is 599 g/mol. The fraction of sp³-hybridized carbons (Fsp3) is 0.267. The maximum atomic E-state index is 14.0. The van der Waals surface area contributed by atoms with Crippen LogP contribution in [-0.2, 0) is 19.1 Å². The Bertz CT molecular complexity index is 1780. The molecule has 0 radical (unpaired) electrons. The molecule has 0 spiro atoms. The Labute approximate surface area is 254 Å². The van der Waals surface area contributed by atoms with Crippen molar-refractivity contribution in [3.8, 4) is 5.69 Å². The summed E-state index contributed by atoms with van der Waals surface area (Å²) in [6.45, 7) is 3.41. The highest BCUT2D eigenvalue weighted by molar-refractivity contribution is 6.31. The normalized spacial score (nSPS) is 15.3. The van der Waals surface area contributed by atoms with Gasteiger partial charge in [-0.3, -0.25) is 24.4 Å². The van der Waals surface area contributed by atoms with E-state index in [1.165, 1.54) is 35.0 Å².